The van der Waals surface area contributed by atoms with Crippen LogP contribution in [0.15, 0.2) is 6.20 Å². The quantitative estimate of drug-likeness (QED) is 0.774. The lowest BCUT2D eigenvalue weighted by molar-refractivity contribution is 0.0864. The third kappa shape index (κ3) is 2.73. The van der Waals surface area contributed by atoms with Gasteiger partial charge in [-0.3, -0.25) is 4.79 Å². The number of hydrogen-bond acceptors (Lipinski definition) is 5. The largest absolute Gasteiger partial charge is 0.393 e. The zero-order chi connectivity index (χ0) is 10.7. The predicted octanol–water partition coefficient (Wildman–Crippen LogP) is 0.571. The molecule has 0 aliphatic heterocycles. The summed E-state index contributed by atoms with van der Waals surface area (Å²) >= 11 is 1.03. The number of carbonyl (C=O) groups is 1. The molecular weight excluding hydrogens is 214 g/mol. The summed E-state index contributed by atoms with van der Waals surface area (Å²) in [7, 11) is 0. The predicted molar refractivity (Wildman–Crippen MR) is 55.6 cm³/mol. The Hall–Kier alpha value is -1.01. The minimum Gasteiger partial charge on any atom is -0.393 e. The molecule has 1 amide bonds. The Morgan fingerprint density at radius 2 is 2.20 bits per heavy atom. The number of hydrogen-bond donors (Lipinski definition) is 2. The molecule has 6 heteroatoms. The van der Waals surface area contributed by atoms with E-state index >= 15 is 0 Å². The van der Waals surface area contributed by atoms with Crippen molar-refractivity contribution in [3.63, 3.8) is 0 Å². The summed E-state index contributed by atoms with van der Waals surface area (Å²) in [5.41, 5.74) is 0.381. The SMILES string of the molecule is O=C(NC1CCC(O)CC1)c1cnsn1. The molecule has 0 bridgehead atoms. The van der Waals surface area contributed by atoms with Gasteiger partial charge in [-0.25, -0.2) is 0 Å². The molecule has 5 nitrogen and oxygen atoms in total. The van der Waals surface area contributed by atoms with Crippen LogP contribution in [-0.2, 0) is 0 Å². The van der Waals surface area contributed by atoms with Crippen molar-refractivity contribution in [2.75, 3.05) is 0 Å². The Bertz CT molecular complexity index is 320. The van der Waals surface area contributed by atoms with Gasteiger partial charge in [0.25, 0.3) is 5.91 Å². The summed E-state index contributed by atoms with van der Waals surface area (Å²) < 4.78 is 7.64. The van der Waals surface area contributed by atoms with Gasteiger partial charge in [-0.05, 0) is 25.7 Å². The van der Waals surface area contributed by atoms with Crippen LogP contribution >= 0.6 is 11.7 Å². The van der Waals surface area contributed by atoms with E-state index in [0.717, 1.165) is 37.4 Å². The fourth-order valence-corrected chi connectivity index (χ4v) is 2.16. The number of aliphatic hydroxyl groups excluding tert-OH is 1. The number of amides is 1. The zero-order valence-corrected chi connectivity index (χ0v) is 9.04. The highest BCUT2D eigenvalue weighted by Crippen LogP contribution is 2.18. The maximum Gasteiger partial charge on any atom is 0.272 e. The lowest BCUT2D eigenvalue weighted by Crippen LogP contribution is -2.38. The van der Waals surface area contributed by atoms with Crippen molar-refractivity contribution >= 4 is 17.6 Å². The van der Waals surface area contributed by atoms with E-state index in [-0.39, 0.29) is 18.1 Å². The number of aromatic nitrogens is 2. The van der Waals surface area contributed by atoms with E-state index in [2.05, 4.69) is 14.1 Å². The highest BCUT2D eigenvalue weighted by Gasteiger charge is 2.21. The van der Waals surface area contributed by atoms with Crippen LogP contribution < -0.4 is 5.32 Å². The van der Waals surface area contributed by atoms with Crippen molar-refractivity contribution < 1.29 is 9.90 Å². The first-order valence-corrected chi connectivity index (χ1v) is 5.75. The molecule has 1 heterocycles. The number of carbonyl (C=O) groups excluding carboxylic acids is 1. The van der Waals surface area contributed by atoms with Crippen molar-refractivity contribution in [3.8, 4) is 0 Å². The minimum atomic E-state index is -0.195. The van der Waals surface area contributed by atoms with Gasteiger partial charge in [-0.2, -0.15) is 8.75 Å². The fraction of sp³-hybridized carbons (Fsp3) is 0.667. The molecule has 0 unspecified atom stereocenters. The summed E-state index contributed by atoms with van der Waals surface area (Å²) in [4.78, 5) is 11.6. The molecule has 2 rings (SSSR count). The van der Waals surface area contributed by atoms with Gasteiger partial charge in [-0.15, -0.1) is 0 Å². The monoisotopic (exact) mass is 227 g/mol. The first-order chi connectivity index (χ1) is 7.25. The van der Waals surface area contributed by atoms with Crippen molar-refractivity contribution in [3.05, 3.63) is 11.9 Å². The highest BCUT2D eigenvalue weighted by molar-refractivity contribution is 6.99. The van der Waals surface area contributed by atoms with Crippen molar-refractivity contribution in [1.29, 1.82) is 0 Å². The molecule has 1 fully saturated rings. The van der Waals surface area contributed by atoms with E-state index < -0.39 is 0 Å². The van der Waals surface area contributed by atoms with Crippen LogP contribution in [0.2, 0.25) is 0 Å². The zero-order valence-electron chi connectivity index (χ0n) is 8.22. The lowest BCUT2D eigenvalue weighted by Gasteiger charge is -2.25. The molecule has 1 aromatic heterocycles. The lowest BCUT2D eigenvalue weighted by atomic mass is 9.93. The second-order valence-electron chi connectivity index (χ2n) is 3.77. The Balaban J connectivity index is 1.85. The molecule has 0 atom stereocenters. The molecular formula is C9H13N3O2S. The topological polar surface area (TPSA) is 75.1 Å². The smallest absolute Gasteiger partial charge is 0.272 e. The first-order valence-electron chi connectivity index (χ1n) is 5.02. The van der Waals surface area contributed by atoms with Crippen LogP contribution in [0.4, 0.5) is 0 Å². The van der Waals surface area contributed by atoms with Gasteiger partial charge in [0.1, 0.15) is 0 Å². The highest BCUT2D eigenvalue weighted by atomic mass is 32.1. The van der Waals surface area contributed by atoms with Crippen molar-refractivity contribution in [2.45, 2.75) is 37.8 Å². The maximum atomic E-state index is 11.6. The summed E-state index contributed by atoms with van der Waals surface area (Å²) in [5.74, 6) is -0.162. The summed E-state index contributed by atoms with van der Waals surface area (Å²) in [6.07, 6.45) is 4.48. The summed E-state index contributed by atoms with van der Waals surface area (Å²) in [6, 6.07) is 0.169. The molecule has 2 N–H and O–H groups in total. The van der Waals surface area contributed by atoms with Crippen LogP contribution in [0, 0.1) is 0 Å². The number of rotatable bonds is 2. The van der Waals surface area contributed by atoms with Gasteiger partial charge in [0.2, 0.25) is 0 Å². The number of nitrogens with one attached hydrogen (secondary N) is 1. The maximum absolute atomic E-state index is 11.6. The Morgan fingerprint density at radius 1 is 1.47 bits per heavy atom. The molecule has 15 heavy (non-hydrogen) atoms. The van der Waals surface area contributed by atoms with Gasteiger partial charge in [0.15, 0.2) is 5.69 Å². The number of aliphatic hydroxyl groups is 1. The normalized spacial score (nSPS) is 26.2. The van der Waals surface area contributed by atoms with Crippen LogP contribution in [0.1, 0.15) is 36.2 Å². The van der Waals surface area contributed by atoms with Crippen LogP contribution in [0.25, 0.3) is 0 Å². The van der Waals surface area contributed by atoms with Crippen molar-refractivity contribution in [2.24, 2.45) is 0 Å². The molecule has 0 saturated heterocycles. The van der Waals surface area contributed by atoms with Gasteiger partial charge in [0.05, 0.1) is 24.0 Å². The molecule has 82 valence electrons. The average molecular weight is 227 g/mol. The molecule has 1 aromatic rings. The summed E-state index contributed by atoms with van der Waals surface area (Å²) in [6.45, 7) is 0. The summed E-state index contributed by atoms with van der Waals surface area (Å²) in [5, 5.41) is 12.2. The van der Waals surface area contributed by atoms with Crippen LogP contribution in [-0.4, -0.2) is 31.9 Å². The third-order valence-electron chi connectivity index (χ3n) is 2.63. The van der Waals surface area contributed by atoms with Crippen LogP contribution in [0.5, 0.6) is 0 Å². The van der Waals surface area contributed by atoms with E-state index in [4.69, 9.17) is 0 Å². The number of nitrogens with zero attached hydrogens (tertiary/aromatic N) is 2. The molecule has 0 aromatic carbocycles. The fourth-order valence-electron chi connectivity index (χ4n) is 1.74. The van der Waals surface area contributed by atoms with E-state index in [0.29, 0.717) is 5.69 Å². The van der Waals surface area contributed by atoms with E-state index in [1.54, 1.807) is 0 Å². The standard InChI is InChI=1S/C9H13N3O2S/c13-7-3-1-6(2-4-7)11-9(14)8-5-10-15-12-8/h5-7,13H,1-4H2,(H,11,14). The van der Waals surface area contributed by atoms with E-state index in [9.17, 15) is 9.90 Å². The minimum absolute atomic E-state index is 0.162. The Morgan fingerprint density at radius 3 is 2.80 bits per heavy atom. The molecule has 1 saturated carbocycles. The first kappa shape index (κ1) is 10.5. The average Bonchev–Trinajstić information content (AvgIpc) is 2.74. The molecule has 0 radical (unpaired) electrons. The van der Waals surface area contributed by atoms with Crippen molar-refractivity contribution in [1.82, 2.24) is 14.1 Å². The van der Waals surface area contributed by atoms with Gasteiger partial charge in [-0.1, -0.05) is 0 Å². The van der Waals surface area contributed by atoms with Gasteiger partial charge in [0, 0.05) is 6.04 Å². The molecule has 0 spiro atoms. The molecule has 1 aliphatic rings. The Kier molecular flexibility index (Phi) is 3.27. The van der Waals surface area contributed by atoms with Gasteiger partial charge < -0.3 is 10.4 Å². The molecule has 1 aliphatic carbocycles. The van der Waals surface area contributed by atoms with E-state index in [1.807, 2.05) is 0 Å². The Labute approximate surface area is 91.8 Å². The second kappa shape index (κ2) is 4.67. The second-order valence-corrected chi connectivity index (χ2v) is 4.33. The van der Waals surface area contributed by atoms with Gasteiger partial charge >= 0.3 is 0 Å². The third-order valence-corrected chi connectivity index (χ3v) is 3.10. The van der Waals surface area contributed by atoms with E-state index in [1.165, 1.54) is 6.20 Å². The van der Waals surface area contributed by atoms with Crippen LogP contribution in [0.3, 0.4) is 0 Å².